The zero-order valence-electron chi connectivity index (χ0n) is 10.2. The molecule has 0 bridgehead atoms. The molecule has 15 heavy (non-hydrogen) atoms. The van der Waals surface area contributed by atoms with E-state index in [0.717, 1.165) is 0 Å². The van der Waals surface area contributed by atoms with Crippen LogP contribution in [0.25, 0.3) is 0 Å². The van der Waals surface area contributed by atoms with Crippen molar-refractivity contribution in [2.24, 2.45) is 16.2 Å². The average Bonchev–Trinajstić information content (AvgIpc) is 2.02. The number of aliphatic carboxylic acids is 2. The summed E-state index contributed by atoms with van der Waals surface area (Å²) in [6.07, 6.45) is 0. The van der Waals surface area contributed by atoms with Crippen LogP contribution in [0.3, 0.4) is 0 Å². The lowest BCUT2D eigenvalue weighted by Crippen LogP contribution is -2.52. The van der Waals surface area contributed by atoms with Gasteiger partial charge in [-0.1, -0.05) is 13.8 Å². The van der Waals surface area contributed by atoms with Crippen LogP contribution in [0.15, 0.2) is 0 Å². The summed E-state index contributed by atoms with van der Waals surface area (Å²) in [6, 6.07) is 0. The van der Waals surface area contributed by atoms with Crippen molar-refractivity contribution in [3.63, 3.8) is 0 Å². The molecule has 0 amide bonds. The second kappa shape index (κ2) is 3.51. The molecule has 2 N–H and O–H groups in total. The fourth-order valence-electron chi connectivity index (χ4n) is 1.32. The van der Waals surface area contributed by atoms with E-state index in [1.54, 1.807) is 41.5 Å². The fourth-order valence-corrected chi connectivity index (χ4v) is 1.32. The third-order valence-corrected chi connectivity index (χ3v) is 4.19. The Morgan fingerprint density at radius 2 is 0.933 bits per heavy atom. The maximum atomic E-state index is 11.1. The highest BCUT2D eigenvalue weighted by Gasteiger charge is 2.55. The molecule has 0 aliphatic carbocycles. The molecular weight excluding hydrogens is 196 g/mol. The van der Waals surface area contributed by atoms with Crippen LogP contribution in [0.1, 0.15) is 41.5 Å². The Bertz CT molecular complexity index is 259. The van der Waals surface area contributed by atoms with Gasteiger partial charge >= 0.3 is 11.9 Å². The molecule has 0 aromatic carbocycles. The first-order chi connectivity index (χ1) is 6.39. The van der Waals surface area contributed by atoms with Crippen LogP contribution in [0.5, 0.6) is 0 Å². The van der Waals surface area contributed by atoms with Crippen LogP contribution in [0.4, 0.5) is 0 Å². The van der Waals surface area contributed by atoms with Crippen molar-refractivity contribution >= 4 is 11.9 Å². The quantitative estimate of drug-likeness (QED) is 0.755. The summed E-state index contributed by atoms with van der Waals surface area (Å²) < 4.78 is 0. The highest BCUT2D eigenvalue weighted by atomic mass is 16.4. The molecule has 0 unspecified atom stereocenters. The van der Waals surface area contributed by atoms with E-state index >= 15 is 0 Å². The Morgan fingerprint density at radius 3 is 1.07 bits per heavy atom. The van der Waals surface area contributed by atoms with E-state index in [-0.39, 0.29) is 0 Å². The maximum Gasteiger partial charge on any atom is 0.309 e. The van der Waals surface area contributed by atoms with Crippen molar-refractivity contribution in [2.75, 3.05) is 0 Å². The largest absolute Gasteiger partial charge is 0.481 e. The van der Waals surface area contributed by atoms with Gasteiger partial charge in [-0.05, 0) is 33.1 Å². The van der Waals surface area contributed by atoms with Gasteiger partial charge in [-0.2, -0.15) is 0 Å². The number of hydrogen-bond donors (Lipinski definition) is 2. The number of rotatable bonds is 4. The van der Waals surface area contributed by atoms with Crippen LogP contribution in [-0.4, -0.2) is 22.2 Å². The van der Waals surface area contributed by atoms with Gasteiger partial charge in [0.1, 0.15) is 0 Å². The first kappa shape index (κ1) is 13.9. The van der Waals surface area contributed by atoms with Crippen LogP contribution in [-0.2, 0) is 9.59 Å². The minimum atomic E-state index is -1.10. The van der Waals surface area contributed by atoms with Gasteiger partial charge in [0.25, 0.3) is 0 Å². The normalized spacial score (nSPS) is 13.7. The summed E-state index contributed by atoms with van der Waals surface area (Å²) in [6.45, 7) is 9.57. The molecule has 0 radical (unpaired) electrons. The van der Waals surface area contributed by atoms with Crippen molar-refractivity contribution in [3.8, 4) is 0 Å². The molecule has 4 nitrogen and oxygen atoms in total. The minimum absolute atomic E-state index is 0.863. The molecule has 0 spiro atoms. The van der Waals surface area contributed by atoms with Gasteiger partial charge < -0.3 is 10.2 Å². The molecule has 0 aliphatic rings. The smallest absolute Gasteiger partial charge is 0.309 e. The van der Waals surface area contributed by atoms with Crippen LogP contribution in [0.2, 0.25) is 0 Å². The highest BCUT2D eigenvalue weighted by molar-refractivity contribution is 5.80. The Kier molecular flexibility index (Phi) is 3.26. The lowest BCUT2D eigenvalue weighted by Gasteiger charge is -2.47. The number of carboxylic acid groups (broad SMARTS) is 2. The van der Waals surface area contributed by atoms with Gasteiger partial charge in [-0.25, -0.2) is 0 Å². The maximum absolute atomic E-state index is 11.1. The third-order valence-electron chi connectivity index (χ3n) is 4.19. The van der Waals surface area contributed by atoms with Gasteiger partial charge in [0.05, 0.1) is 10.8 Å². The summed E-state index contributed by atoms with van der Waals surface area (Å²) in [5.41, 5.74) is -3.07. The molecule has 4 heteroatoms. The van der Waals surface area contributed by atoms with Crippen LogP contribution >= 0.6 is 0 Å². The number of carbonyl (C=O) groups is 2. The third kappa shape index (κ3) is 1.85. The predicted molar refractivity (Wildman–Crippen MR) is 56.6 cm³/mol. The van der Waals surface area contributed by atoms with E-state index in [4.69, 9.17) is 10.2 Å². The molecule has 88 valence electrons. The van der Waals surface area contributed by atoms with E-state index in [1.165, 1.54) is 0 Å². The fraction of sp³-hybridized carbons (Fsp3) is 0.818. The summed E-state index contributed by atoms with van der Waals surface area (Å²) >= 11 is 0. The van der Waals surface area contributed by atoms with Gasteiger partial charge in [-0.3, -0.25) is 9.59 Å². The lowest BCUT2D eigenvalue weighted by molar-refractivity contribution is -0.171. The second-order valence-corrected chi connectivity index (χ2v) is 5.49. The zero-order valence-corrected chi connectivity index (χ0v) is 10.2. The number of hydrogen-bond acceptors (Lipinski definition) is 2. The molecule has 0 aromatic rings. The summed E-state index contributed by atoms with van der Waals surface area (Å²) in [4.78, 5) is 22.3. The van der Waals surface area contributed by atoms with Gasteiger partial charge in [0.15, 0.2) is 0 Å². The zero-order chi connectivity index (χ0) is 12.7. The van der Waals surface area contributed by atoms with E-state index in [9.17, 15) is 9.59 Å². The van der Waals surface area contributed by atoms with Gasteiger partial charge in [0.2, 0.25) is 0 Å². The van der Waals surface area contributed by atoms with E-state index in [2.05, 4.69) is 0 Å². The van der Waals surface area contributed by atoms with Crippen molar-refractivity contribution in [2.45, 2.75) is 41.5 Å². The molecule has 0 fully saturated rings. The standard InChI is InChI=1S/C11H20O4/c1-9(2,7(12)13)11(5,6)10(3,4)8(14)15/h1-6H3,(H,12,13)(H,14,15). The van der Waals surface area contributed by atoms with Gasteiger partial charge in [-0.15, -0.1) is 0 Å². The van der Waals surface area contributed by atoms with Crippen LogP contribution in [0, 0.1) is 16.2 Å². The first-order valence-corrected chi connectivity index (χ1v) is 4.86. The van der Waals surface area contributed by atoms with E-state index < -0.39 is 28.2 Å². The Labute approximate surface area is 90.3 Å². The molecular formula is C11H20O4. The van der Waals surface area contributed by atoms with E-state index in [1.807, 2.05) is 0 Å². The summed E-state index contributed by atoms with van der Waals surface area (Å²) in [7, 11) is 0. The van der Waals surface area contributed by atoms with Crippen molar-refractivity contribution < 1.29 is 19.8 Å². The monoisotopic (exact) mass is 216 g/mol. The SMILES string of the molecule is CC(C)(C(=O)O)C(C)(C)C(C)(C)C(=O)O. The molecule has 0 aliphatic heterocycles. The molecule has 0 saturated heterocycles. The Hall–Kier alpha value is -1.06. The molecule has 0 aromatic heterocycles. The summed E-state index contributed by atoms with van der Waals surface area (Å²) in [5.74, 6) is -1.97. The second-order valence-electron chi connectivity index (χ2n) is 5.49. The average molecular weight is 216 g/mol. The minimum Gasteiger partial charge on any atom is -0.481 e. The summed E-state index contributed by atoms with van der Waals surface area (Å²) in [5, 5.41) is 18.3. The highest BCUT2D eigenvalue weighted by Crippen LogP contribution is 2.51. The van der Waals surface area contributed by atoms with Crippen molar-refractivity contribution in [1.82, 2.24) is 0 Å². The predicted octanol–water partition coefficient (Wildman–Crippen LogP) is 2.23. The molecule has 0 atom stereocenters. The molecule has 0 heterocycles. The van der Waals surface area contributed by atoms with Gasteiger partial charge in [0, 0.05) is 0 Å². The Morgan fingerprint density at radius 1 is 0.733 bits per heavy atom. The molecule has 0 rings (SSSR count). The van der Waals surface area contributed by atoms with E-state index in [0.29, 0.717) is 0 Å². The topological polar surface area (TPSA) is 74.6 Å². The van der Waals surface area contributed by atoms with Crippen molar-refractivity contribution in [1.29, 1.82) is 0 Å². The lowest BCUT2D eigenvalue weighted by atomic mass is 9.55. The number of carboxylic acids is 2. The van der Waals surface area contributed by atoms with Crippen LogP contribution < -0.4 is 0 Å². The van der Waals surface area contributed by atoms with Crippen molar-refractivity contribution in [3.05, 3.63) is 0 Å². The Balaban J connectivity index is 5.50. The first-order valence-electron chi connectivity index (χ1n) is 4.86. The molecule has 0 saturated carbocycles.